The number of ether oxygens (including phenoxy) is 1. The van der Waals surface area contributed by atoms with E-state index in [-0.39, 0.29) is 80.0 Å². The summed E-state index contributed by atoms with van der Waals surface area (Å²) in [6, 6.07) is 0.355. The normalized spacial score (nSPS) is 12.6. The van der Waals surface area contributed by atoms with Crippen molar-refractivity contribution in [2.45, 2.75) is 310 Å². The largest absolute Gasteiger partial charge is 0.737 e. The highest BCUT2D eigenvalue weighted by Gasteiger charge is 2.29. The lowest BCUT2D eigenvalue weighted by molar-refractivity contribution is -0.706. The van der Waals surface area contributed by atoms with Crippen LogP contribution in [0.4, 0.5) is 0 Å². The third kappa shape index (κ3) is 71.4. The van der Waals surface area contributed by atoms with Crippen LogP contribution < -0.4 is 21.3 Å². The van der Waals surface area contributed by atoms with Crippen LogP contribution in [-0.2, 0) is 4.74 Å². The lowest BCUT2D eigenvalue weighted by Crippen LogP contribution is -2.46. The second-order valence-corrected chi connectivity index (χ2v) is 29.9. The second-order valence-electron chi connectivity index (χ2n) is 29.9. The van der Waals surface area contributed by atoms with Gasteiger partial charge in [0.1, 0.15) is 6.54 Å². The molecule has 0 spiro atoms. The lowest BCUT2D eigenvalue weighted by Gasteiger charge is -2.31. The molecule has 0 unspecified atom stereocenters. The minimum absolute atomic E-state index is 0.0141. The highest BCUT2D eigenvalue weighted by Crippen LogP contribution is 2.16. The second kappa shape index (κ2) is 72.3. The van der Waals surface area contributed by atoms with Gasteiger partial charge in [-0.2, -0.15) is 0 Å². The first kappa shape index (κ1) is 118. The standard InChI is InChI=1S/2C10H24N4O2.C10H23N3O2.C9H22N4O2.C8H20N4O2.C6H15N3O3.2C6H15N3O2/c1-5-8-13(14(16)12-15)9-6-7-11-10(2,3)4;1-5-7-11-8-6-9-13(10(2,3)4)14(16)12-15;1-5-6-7-8-9-12(10(2,3)4)13(15)11-14;1-5-7-12(13(15)11-14)8-6-10-9(2,3)4;1-4-6-11(12(14)10-13)7-5-9-8(2)3;1-6(2)8(4-5-12-3)9(11)7-10;2*1-4-5-8(6(2)3)9(11)7-10/h2*11,15H,5-9H2,1-4H3;14H,5-9H2,1-4H3;10,14H,5-8H2,1-4H3;8-9,13H,4-7H2,1-3H3;6,10H,4-5H2,1-3H3;2*6,10H,4-5H2,1-3H3/p-8/b2*14-12-;2*13-11-;12-10-;3*9-7-. The van der Waals surface area contributed by atoms with E-state index in [4.69, 9.17) is 4.74 Å². The van der Waals surface area contributed by atoms with Crippen molar-refractivity contribution < 1.29 is 44.5 Å². The van der Waals surface area contributed by atoms with Gasteiger partial charge < -0.3 is 109 Å². The SMILES string of the molecule is CCCCCCN(/[N+]([O-])=N/[O-])C(C)(C)C.CCCN(C(C)C)/[N+]([O-])=N/[O-].CCCN(C(C)C)/[N+]([O-])=N/[O-].CCCN(CCCNC(C)(C)C)/[N+]([O-])=N/[O-].CCCN(CCNC(C)(C)C)/[N+]([O-])=N/[O-].CCCN(CCNC(C)C)/[N+]([O-])=N/[O-].CCCNCCCN(/[N+]([O-])=N/[O-])C(C)(C)C.COCCN(C(C)C)/[N+]([O-])=N/[O-]. The summed E-state index contributed by atoms with van der Waals surface area (Å²) in [4.78, 5) is 0.928. The number of methoxy groups -OCH3 is 1. The molecule has 0 aliphatic rings. The van der Waals surface area contributed by atoms with E-state index in [9.17, 15) is 83.3 Å². The van der Waals surface area contributed by atoms with Crippen LogP contribution in [0.3, 0.4) is 0 Å². The molecule has 110 heavy (non-hydrogen) atoms. The minimum Gasteiger partial charge on any atom is -0.737 e. The molecule has 0 saturated carbocycles. The van der Waals surface area contributed by atoms with E-state index in [2.05, 4.69) is 98.1 Å². The summed E-state index contributed by atoms with van der Waals surface area (Å²) in [5, 5.41) is 210. The molecule has 45 nitrogen and oxygen atoms in total. The fraction of sp³-hybridized carbons (Fsp3) is 1.00. The maximum absolute atomic E-state index is 11.2. The van der Waals surface area contributed by atoms with E-state index in [0.717, 1.165) is 96.7 Å². The van der Waals surface area contributed by atoms with Gasteiger partial charge in [-0.3, -0.25) is 0 Å². The molecule has 0 aromatic rings. The van der Waals surface area contributed by atoms with Gasteiger partial charge >= 0.3 is 0 Å². The Labute approximate surface area is 658 Å². The van der Waals surface area contributed by atoms with E-state index in [1.807, 2.05) is 138 Å². The molecule has 0 rings (SSSR count). The molecule has 660 valence electrons. The van der Waals surface area contributed by atoms with Gasteiger partial charge in [-0.1, -0.05) is 81.6 Å². The Bertz CT molecular complexity index is 2330. The van der Waals surface area contributed by atoms with Crippen LogP contribution in [0.5, 0.6) is 0 Å². The summed E-state index contributed by atoms with van der Waals surface area (Å²) < 4.78 is 4.77. The summed E-state index contributed by atoms with van der Waals surface area (Å²) in [5.74, 6) is 0. The number of nitrogens with zero attached hydrogens (tertiary/aromatic N) is 24. The zero-order chi connectivity index (χ0) is 87.2. The Morgan fingerprint density at radius 1 is 0.309 bits per heavy atom. The van der Waals surface area contributed by atoms with Crippen molar-refractivity contribution in [2.75, 3.05) is 118 Å². The third-order valence-electron chi connectivity index (χ3n) is 14.1. The van der Waals surface area contributed by atoms with E-state index in [1.54, 1.807) is 13.8 Å². The van der Waals surface area contributed by atoms with Crippen LogP contribution in [0.15, 0.2) is 42.2 Å². The molecular weight excluding hydrogens is 1440 g/mol. The fourth-order valence-corrected chi connectivity index (χ4v) is 8.74. The van der Waals surface area contributed by atoms with Gasteiger partial charge in [-0.05, 0) is 244 Å². The maximum atomic E-state index is 11.2. The van der Waals surface area contributed by atoms with Crippen LogP contribution in [0.2, 0.25) is 0 Å². The smallest absolute Gasteiger partial charge is 0.100 e. The van der Waals surface area contributed by atoms with Gasteiger partial charge in [0.15, 0.2) is 0 Å². The van der Waals surface area contributed by atoms with Crippen molar-refractivity contribution in [3.05, 3.63) is 83.3 Å². The Kier molecular flexibility index (Phi) is 77.3. The fourth-order valence-electron chi connectivity index (χ4n) is 8.74. The highest BCUT2D eigenvalue weighted by molar-refractivity contribution is 4.73. The molecule has 0 fully saturated rings. The zero-order valence-electron chi connectivity index (χ0n) is 72.5. The first-order valence-corrected chi connectivity index (χ1v) is 38.1. The van der Waals surface area contributed by atoms with E-state index in [1.165, 1.54) is 47.2 Å². The van der Waals surface area contributed by atoms with Crippen LogP contribution in [0.1, 0.15) is 264 Å². The highest BCUT2D eigenvalue weighted by atomic mass is 16.7. The van der Waals surface area contributed by atoms with Crippen LogP contribution in [-0.4, -0.2) is 245 Å². The lowest BCUT2D eigenvalue weighted by atomic mass is 10.1. The van der Waals surface area contributed by atoms with Crippen molar-refractivity contribution in [1.29, 1.82) is 0 Å². The van der Waals surface area contributed by atoms with E-state index >= 15 is 0 Å². The summed E-state index contributed by atoms with van der Waals surface area (Å²) in [6.45, 7) is 62.8. The Morgan fingerprint density at radius 2 is 0.618 bits per heavy atom. The number of hydrogen-bond donors (Lipinski definition) is 4. The quantitative estimate of drug-likeness (QED) is 0.0190. The van der Waals surface area contributed by atoms with Crippen molar-refractivity contribution in [3.63, 3.8) is 0 Å². The molecule has 0 amide bonds. The number of rotatable bonds is 46. The average Bonchev–Trinajstić information content (AvgIpc) is 0.871. The van der Waals surface area contributed by atoms with E-state index < -0.39 is 0 Å². The molecule has 0 aromatic carbocycles. The molecule has 0 aromatic heterocycles. The van der Waals surface area contributed by atoms with Crippen molar-refractivity contribution >= 4 is 0 Å². The van der Waals surface area contributed by atoms with Gasteiger partial charge in [-0.15, -0.1) is 40.1 Å². The van der Waals surface area contributed by atoms with Gasteiger partial charge in [0.05, 0.1) is 101 Å². The predicted octanol–water partition coefficient (Wildman–Crippen LogP) is 13.0. The molecular formula is C65H150N28O17-8. The molecule has 4 N–H and O–H groups in total. The molecule has 0 atom stereocenters. The summed E-state index contributed by atoms with van der Waals surface area (Å²) in [5.41, 5.74) is -0.655. The van der Waals surface area contributed by atoms with Crippen LogP contribution in [0.25, 0.3) is 0 Å². The molecule has 0 saturated heterocycles. The van der Waals surface area contributed by atoms with Crippen molar-refractivity contribution in [1.82, 2.24) is 61.3 Å². The van der Waals surface area contributed by atoms with E-state index in [0.29, 0.717) is 97.7 Å². The monoisotopic (exact) mass is 1600 g/mol. The van der Waals surface area contributed by atoms with Crippen molar-refractivity contribution in [3.8, 4) is 0 Å². The van der Waals surface area contributed by atoms with Crippen molar-refractivity contribution in [2.24, 2.45) is 42.2 Å². The molecule has 0 bridgehead atoms. The molecule has 0 heterocycles. The molecule has 0 aliphatic heterocycles. The number of unbranched alkanes of at least 4 members (excludes halogenated alkanes) is 3. The van der Waals surface area contributed by atoms with Gasteiger partial charge in [-0.25, -0.2) is 0 Å². The summed E-state index contributed by atoms with van der Waals surface area (Å²) in [6.07, 6.45) is 11.1. The first-order chi connectivity index (χ1) is 51.2. The Hall–Kier alpha value is -8.20. The van der Waals surface area contributed by atoms with Gasteiger partial charge in [0.2, 0.25) is 0 Å². The summed E-state index contributed by atoms with van der Waals surface area (Å²) in [7, 11) is 1.53. The number of hydrazine groups is 8. The van der Waals surface area contributed by atoms with Gasteiger partial charge in [0.25, 0.3) is 0 Å². The average molecular weight is 1600 g/mol. The third-order valence-corrected chi connectivity index (χ3v) is 14.1. The zero-order valence-corrected chi connectivity index (χ0v) is 72.5. The molecule has 0 aliphatic carbocycles. The van der Waals surface area contributed by atoms with Crippen LogP contribution >= 0.6 is 0 Å². The number of nitrogens with one attached hydrogen (secondary N) is 4. The predicted molar refractivity (Wildman–Crippen MR) is 427 cm³/mol. The number of hydrogen-bond acceptors (Lipinski definition) is 29. The van der Waals surface area contributed by atoms with Gasteiger partial charge in [0, 0.05) is 77.1 Å². The first-order valence-electron chi connectivity index (χ1n) is 38.1. The summed E-state index contributed by atoms with van der Waals surface area (Å²) >= 11 is 0. The Morgan fingerprint density at radius 3 is 0.900 bits per heavy atom. The molecule has 45 heteroatoms. The van der Waals surface area contributed by atoms with Crippen LogP contribution in [0, 0.1) is 83.3 Å². The minimum atomic E-state index is -0.388. The maximum Gasteiger partial charge on any atom is 0.100 e. The molecule has 0 radical (unpaired) electrons. The Balaban J connectivity index is -0.000000181. The topological polar surface area (TPSA) is 575 Å².